The van der Waals surface area contributed by atoms with Gasteiger partial charge in [-0.2, -0.15) is 8.42 Å². The normalized spacial score (nSPS) is 13.5. The first-order chi connectivity index (χ1) is 9.99. The van der Waals surface area contributed by atoms with Crippen molar-refractivity contribution >= 4 is 10.4 Å². The number of hydrogen-bond donors (Lipinski definition) is 1. The van der Waals surface area contributed by atoms with E-state index in [0.717, 1.165) is 25.7 Å². The lowest BCUT2D eigenvalue weighted by Gasteiger charge is -2.15. The van der Waals surface area contributed by atoms with Gasteiger partial charge in [-0.15, -0.1) is 0 Å². The van der Waals surface area contributed by atoms with E-state index in [2.05, 4.69) is 18.0 Å². The molecule has 0 spiro atoms. The zero-order valence-electron chi connectivity index (χ0n) is 13.8. The summed E-state index contributed by atoms with van der Waals surface area (Å²) in [5.74, 6) is 0.245. The summed E-state index contributed by atoms with van der Waals surface area (Å²) in [5, 5.41) is 0. The van der Waals surface area contributed by atoms with Crippen molar-refractivity contribution in [2.24, 2.45) is 5.92 Å². The maximum atomic E-state index is 10.7. The lowest BCUT2D eigenvalue weighted by molar-refractivity contribution is 0.204. The molecule has 0 aromatic rings. The molecule has 0 radical (unpaired) electrons. The van der Waals surface area contributed by atoms with Crippen molar-refractivity contribution < 1.29 is 17.2 Å². The molecule has 0 heterocycles. The van der Waals surface area contributed by atoms with Gasteiger partial charge in [-0.25, -0.2) is 4.18 Å². The fourth-order valence-corrected chi connectivity index (χ4v) is 2.93. The number of hydrogen-bond acceptors (Lipinski definition) is 3. The summed E-state index contributed by atoms with van der Waals surface area (Å²) in [6.07, 6.45) is 14.1. The van der Waals surface area contributed by atoms with Crippen molar-refractivity contribution in [1.29, 1.82) is 0 Å². The van der Waals surface area contributed by atoms with Crippen LogP contribution in [0.25, 0.3) is 0 Å². The molecule has 0 aliphatic heterocycles. The van der Waals surface area contributed by atoms with E-state index in [9.17, 15) is 8.42 Å². The van der Waals surface area contributed by atoms with Crippen LogP contribution in [-0.4, -0.2) is 19.6 Å². The molecular weight excluding hydrogens is 288 g/mol. The van der Waals surface area contributed by atoms with E-state index in [1.807, 2.05) is 0 Å². The minimum absolute atomic E-state index is 0.125. The highest BCUT2D eigenvalue weighted by Crippen LogP contribution is 2.19. The van der Waals surface area contributed by atoms with E-state index in [-0.39, 0.29) is 12.5 Å². The molecule has 1 N–H and O–H groups in total. The Morgan fingerprint density at radius 1 is 0.810 bits per heavy atom. The third-order valence-corrected chi connectivity index (χ3v) is 4.32. The number of unbranched alkanes of at least 4 members (excludes halogenated alkanes) is 8. The Hall–Kier alpha value is -0.130. The highest BCUT2D eigenvalue weighted by Gasteiger charge is 2.13. The molecule has 0 aliphatic carbocycles. The maximum Gasteiger partial charge on any atom is 0.397 e. The molecule has 1 atom stereocenters. The molecule has 0 saturated carbocycles. The van der Waals surface area contributed by atoms with Gasteiger partial charge in [0.2, 0.25) is 0 Å². The molecule has 128 valence electrons. The van der Waals surface area contributed by atoms with Crippen molar-refractivity contribution in [2.75, 3.05) is 6.61 Å². The Bertz CT molecular complexity index is 314. The molecule has 0 saturated heterocycles. The maximum absolute atomic E-state index is 10.7. The first-order valence-corrected chi connectivity index (χ1v) is 9.98. The zero-order chi connectivity index (χ0) is 16.0. The second-order valence-electron chi connectivity index (χ2n) is 5.98. The van der Waals surface area contributed by atoms with Crippen LogP contribution in [0.3, 0.4) is 0 Å². The summed E-state index contributed by atoms with van der Waals surface area (Å²) < 4.78 is 34.7. The molecule has 1 unspecified atom stereocenters. The van der Waals surface area contributed by atoms with E-state index in [1.165, 1.54) is 51.4 Å². The number of rotatable bonds is 15. The largest absolute Gasteiger partial charge is 0.397 e. The van der Waals surface area contributed by atoms with Crippen molar-refractivity contribution in [1.82, 2.24) is 0 Å². The van der Waals surface area contributed by atoms with Crippen LogP contribution in [0.5, 0.6) is 0 Å². The van der Waals surface area contributed by atoms with Gasteiger partial charge in [0.25, 0.3) is 0 Å². The molecule has 5 heteroatoms. The zero-order valence-corrected chi connectivity index (χ0v) is 14.7. The third kappa shape index (κ3) is 16.1. The predicted molar refractivity (Wildman–Crippen MR) is 87.7 cm³/mol. The minimum atomic E-state index is -4.30. The smallest absolute Gasteiger partial charge is 0.264 e. The van der Waals surface area contributed by atoms with E-state index >= 15 is 0 Å². The predicted octanol–water partition coefficient (Wildman–Crippen LogP) is 5.14. The summed E-state index contributed by atoms with van der Waals surface area (Å²) >= 11 is 0. The van der Waals surface area contributed by atoms with Crippen LogP contribution >= 0.6 is 0 Å². The lowest BCUT2D eigenvalue weighted by atomic mass is 9.95. The van der Waals surface area contributed by atoms with Gasteiger partial charge in [-0.05, 0) is 18.8 Å². The van der Waals surface area contributed by atoms with Gasteiger partial charge < -0.3 is 0 Å². The van der Waals surface area contributed by atoms with Gasteiger partial charge in [-0.3, -0.25) is 4.55 Å². The first kappa shape index (κ1) is 20.9. The van der Waals surface area contributed by atoms with Crippen LogP contribution in [0.1, 0.15) is 90.9 Å². The van der Waals surface area contributed by atoms with E-state index < -0.39 is 10.4 Å². The van der Waals surface area contributed by atoms with Gasteiger partial charge in [0, 0.05) is 0 Å². The quantitative estimate of drug-likeness (QED) is 0.335. The molecule has 0 fully saturated rings. The Labute approximate surface area is 131 Å². The summed E-state index contributed by atoms with van der Waals surface area (Å²) in [4.78, 5) is 0. The first-order valence-electron chi connectivity index (χ1n) is 8.61. The Morgan fingerprint density at radius 2 is 1.24 bits per heavy atom. The Morgan fingerprint density at radius 3 is 1.71 bits per heavy atom. The van der Waals surface area contributed by atoms with Crippen LogP contribution in [0.4, 0.5) is 0 Å². The summed E-state index contributed by atoms with van der Waals surface area (Å²) in [5.41, 5.74) is 0. The van der Waals surface area contributed by atoms with Gasteiger partial charge in [0.15, 0.2) is 0 Å². The fourth-order valence-electron chi connectivity index (χ4n) is 2.57. The van der Waals surface area contributed by atoms with E-state index in [1.54, 1.807) is 0 Å². The Balaban J connectivity index is 3.88. The van der Waals surface area contributed by atoms with E-state index in [0.29, 0.717) is 0 Å². The van der Waals surface area contributed by atoms with Gasteiger partial charge in [0.1, 0.15) is 0 Å². The minimum Gasteiger partial charge on any atom is -0.264 e. The summed E-state index contributed by atoms with van der Waals surface area (Å²) in [7, 11) is -4.30. The standard InChI is InChI=1S/C16H34O4S/c1-3-5-7-9-10-12-14-16(13-11-8-6-4-2)15-20-21(17,18)19/h16H,3-15H2,1-2H3,(H,17,18,19). The van der Waals surface area contributed by atoms with Crippen LogP contribution in [-0.2, 0) is 14.6 Å². The highest BCUT2D eigenvalue weighted by molar-refractivity contribution is 7.80. The molecule has 0 aliphatic rings. The summed E-state index contributed by atoms with van der Waals surface area (Å²) in [6.45, 7) is 4.51. The van der Waals surface area contributed by atoms with E-state index in [4.69, 9.17) is 4.55 Å². The third-order valence-electron chi connectivity index (χ3n) is 3.88. The second kappa shape index (κ2) is 13.5. The van der Waals surface area contributed by atoms with Crippen LogP contribution < -0.4 is 0 Å². The average Bonchev–Trinajstić information content (AvgIpc) is 2.42. The van der Waals surface area contributed by atoms with Crippen molar-refractivity contribution in [3.63, 3.8) is 0 Å². The molecule has 0 aromatic carbocycles. The SMILES string of the molecule is CCCCCCCCC(CCCCCC)COS(=O)(=O)O. The second-order valence-corrected chi connectivity index (χ2v) is 7.08. The van der Waals surface area contributed by atoms with Gasteiger partial charge >= 0.3 is 10.4 Å². The topological polar surface area (TPSA) is 63.6 Å². The Kier molecular flexibility index (Phi) is 13.4. The molecular formula is C16H34O4S. The molecule has 21 heavy (non-hydrogen) atoms. The van der Waals surface area contributed by atoms with Crippen molar-refractivity contribution in [2.45, 2.75) is 90.9 Å². The van der Waals surface area contributed by atoms with Crippen LogP contribution in [0, 0.1) is 5.92 Å². The van der Waals surface area contributed by atoms with Crippen LogP contribution in [0.2, 0.25) is 0 Å². The van der Waals surface area contributed by atoms with Gasteiger partial charge in [0.05, 0.1) is 6.61 Å². The average molecular weight is 323 g/mol. The van der Waals surface area contributed by atoms with Gasteiger partial charge in [-0.1, -0.05) is 78.1 Å². The van der Waals surface area contributed by atoms with Crippen LogP contribution in [0.15, 0.2) is 0 Å². The molecule has 0 amide bonds. The van der Waals surface area contributed by atoms with Crippen molar-refractivity contribution in [3.05, 3.63) is 0 Å². The lowest BCUT2D eigenvalue weighted by Crippen LogP contribution is -2.14. The summed E-state index contributed by atoms with van der Waals surface area (Å²) in [6, 6.07) is 0. The molecule has 4 nitrogen and oxygen atoms in total. The van der Waals surface area contributed by atoms with Crippen molar-refractivity contribution in [3.8, 4) is 0 Å². The fraction of sp³-hybridized carbons (Fsp3) is 1.00. The molecule has 0 aromatic heterocycles. The monoisotopic (exact) mass is 322 g/mol. The molecule has 0 bridgehead atoms. The molecule has 0 rings (SSSR count). The highest BCUT2D eigenvalue weighted by atomic mass is 32.3.